The third-order valence-electron chi connectivity index (χ3n) is 5.48. The zero-order chi connectivity index (χ0) is 21.8. The van der Waals surface area contributed by atoms with Crippen LogP contribution in [0.3, 0.4) is 0 Å². The van der Waals surface area contributed by atoms with Gasteiger partial charge >= 0.3 is 0 Å². The van der Waals surface area contributed by atoms with E-state index in [0.29, 0.717) is 28.7 Å². The highest BCUT2D eigenvalue weighted by atomic mass is 16.3. The number of unbranched alkanes of at least 4 members (excludes halogenated alkanes) is 7. The molecule has 0 bridgehead atoms. The van der Waals surface area contributed by atoms with Crippen molar-refractivity contribution in [2.45, 2.75) is 77.9 Å². The van der Waals surface area contributed by atoms with E-state index < -0.39 is 0 Å². The summed E-state index contributed by atoms with van der Waals surface area (Å²) in [4.78, 5) is 25.6. The molecule has 0 saturated heterocycles. The van der Waals surface area contributed by atoms with E-state index in [1.807, 2.05) is 6.07 Å². The van der Waals surface area contributed by atoms with Gasteiger partial charge in [0.2, 0.25) is 0 Å². The molecule has 0 aromatic heterocycles. The minimum Gasteiger partial charge on any atom is -0.392 e. The van der Waals surface area contributed by atoms with Gasteiger partial charge < -0.3 is 10.2 Å². The Balaban J connectivity index is 2.04. The number of ketones is 2. The molecule has 4 nitrogen and oxygen atoms in total. The molecule has 2 N–H and O–H groups in total. The molecule has 2 aromatic carbocycles. The second-order valence-electron chi connectivity index (χ2n) is 7.83. The van der Waals surface area contributed by atoms with Crippen LogP contribution in [0.4, 0.5) is 0 Å². The SMILES string of the molecule is CCCCCCCCCCC(=O)c1cc(CO)c(C(=O)c2ccccc2)c(CO)c1. The molecule has 0 aliphatic carbocycles. The Hall–Kier alpha value is -2.30. The van der Waals surface area contributed by atoms with Crippen molar-refractivity contribution >= 4 is 11.6 Å². The lowest BCUT2D eigenvalue weighted by atomic mass is 9.90. The Morgan fingerprint density at radius 2 is 1.27 bits per heavy atom. The topological polar surface area (TPSA) is 74.6 Å². The van der Waals surface area contributed by atoms with Crippen molar-refractivity contribution < 1.29 is 19.8 Å². The Labute approximate surface area is 180 Å². The van der Waals surface area contributed by atoms with Gasteiger partial charge in [-0.05, 0) is 29.7 Å². The summed E-state index contributed by atoms with van der Waals surface area (Å²) in [5, 5.41) is 19.7. The largest absolute Gasteiger partial charge is 0.392 e. The number of hydrogen-bond donors (Lipinski definition) is 2. The lowest BCUT2D eigenvalue weighted by Gasteiger charge is -2.14. The Kier molecular flexibility index (Phi) is 10.5. The summed E-state index contributed by atoms with van der Waals surface area (Å²) in [6, 6.07) is 12.0. The molecule has 30 heavy (non-hydrogen) atoms. The summed E-state index contributed by atoms with van der Waals surface area (Å²) in [5.41, 5.74) is 2.00. The third-order valence-corrected chi connectivity index (χ3v) is 5.48. The van der Waals surface area contributed by atoms with Crippen LogP contribution in [-0.2, 0) is 13.2 Å². The number of aliphatic hydroxyl groups is 2. The number of hydrogen-bond acceptors (Lipinski definition) is 4. The van der Waals surface area contributed by atoms with Crippen LogP contribution in [0.15, 0.2) is 42.5 Å². The predicted octanol–water partition coefficient (Wildman–Crippen LogP) is 5.62. The molecule has 0 aliphatic heterocycles. The standard InChI is InChI=1S/C26H34O4/c1-2-3-4-5-6-7-8-12-15-24(29)21-16-22(18-27)25(23(17-21)19-28)26(30)20-13-10-9-11-14-20/h9-11,13-14,16-17,27-28H,2-8,12,15,18-19H2,1H3. The fourth-order valence-electron chi connectivity index (χ4n) is 3.77. The second-order valence-corrected chi connectivity index (χ2v) is 7.83. The van der Waals surface area contributed by atoms with E-state index in [0.717, 1.165) is 19.3 Å². The van der Waals surface area contributed by atoms with Gasteiger partial charge in [-0.25, -0.2) is 0 Å². The zero-order valence-electron chi connectivity index (χ0n) is 18.0. The van der Waals surface area contributed by atoms with Crippen LogP contribution >= 0.6 is 0 Å². The lowest BCUT2D eigenvalue weighted by molar-refractivity contribution is 0.0975. The van der Waals surface area contributed by atoms with E-state index in [1.54, 1.807) is 36.4 Å². The van der Waals surface area contributed by atoms with Crippen LogP contribution in [0.25, 0.3) is 0 Å². The molecule has 0 atom stereocenters. The molecule has 0 heterocycles. The first-order valence-electron chi connectivity index (χ1n) is 11.1. The van der Waals surface area contributed by atoms with Crippen molar-refractivity contribution in [2.24, 2.45) is 0 Å². The van der Waals surface area contributed by atoms with Crippen molar-refractivity contribution in [1.29, 1.82) is 0 Å². The summed E-state index contributed by atoms with van der Waals surface area (Å²) in [7, 11) is 0. The first-order chi connectivity index (χ1) is 14.6. The lowest BCUT2D eigenvalue weighted by Crippen LogP contribution is -2.12. The molecule has 0 aliphatic rings. The average Bonchev–Trinajstić information content (AvgIpc) is 2.79. The van der Waals surface area contributed by atoms with Gasteiger partial charge in [-0.3, -0.25) is 9.59 Å². The van der Waals surface area contributed by atoms with Crippen LogP contribution in [0.5, 0.6) is 0 Å². The van der Waals surface area contributed by atoms with Gasteiger partial charge in [0, 0.05) is 23.1 Å². The molecule has 4 heteroatoms. The van der Waals surface area contributed by atoms with Gasteiger partial charge in [0.25, 0.3) is 0 Å². The molecule has 0 fully saturated rings. The first kappa shape index (κ1) is 24.0. The van der Waals surface area contributed by atoms with Gasteiger partial charge in [0.1, 0.15) is 0 Å². The summed E-state index contributed by atoms with van der Waals surface area (Å²) < 4.78 is 0. The molecule has 162 valence electrons. The molecule has 0 radical (unpaired) electrons. The number of benzene rings is 2. The van der Waals surface area contributed by atoms with E-state index >= 15 is 0 Å². The smallest absolute Gasteiger partial charge is 0.193 e. The van der Waals surface area contributed by atoms with Gasteiger partial charge in [-0.1, -0.05) is 82.2 Å². The van der Waals surface area contributed by atoms with E-state index in [4.69, 9.17) is 0 Å². The maximum absolute atomic E-state index is 12.9. The van der Waals surface area contributed by atoms with Crippen LogP contribution in [0.2, 0.25) is 0 Å². The number of Topliss-reactive ketones (excluding diaryl/α,β-unsaturated/α-hetero) is 1. The zero-order valence-corrected chi connectivity index (χ0v) is 18.0. The highest BCUT2D eigenvalue weighted by Gasteiger charge is 2.20. The van der Waals surface area contributed by atoms with Gasteiger partial charge in [-0.2, -0.15) is 0 Å². The highest BCUT2D eigenvalue weighted by Crippen LogP contribution is 2.24. The van der Waals surface area contributed by atoms with Crippen LogP contribution in [0, 0.1) is 0 Å². The van der Waals surface area contributed by atoms with Gasteiger partial charge in [0.15, 0.2) is 11.6 Å². The van der Waals surface area contributed by atoms with Crippen molar-refractivity contribution in [2.75, 3.05) is 0 Å². The second kappa shape index (κ2) is 13.1. The Morgan fingerprint density at radius 1 is 0.733 bits per heavy atom. The highest BCUT2D eigenvalue weighted by molar-refractivity contribution is 6.11. The molecule has 2 aromatic rings. The minimum absolute atomic E-state index is 0.0101. The number of aliphatic hydroxyl groups excluding tert-OH is 2. The minimum atomic E-state index is -0.361. The van der Waals surface area contributed by atoms with Gasteiger partial charge in [0.05, 0.1) is 13.2 Å². The normalized spacial score (nSPS) is 10.9. The molecular formula is C26H34O4. The molecule has 0 spiro atoms. The summed E-state index contributed by atoms with van der Waals surface area (Å²) >= 11 is 0. The molecule has 0 amide bonds. The van der Waals surface area contributed by atoms with E-state index in [-0.39, 0.29) is 30.3 Å². The summed E-state index contributed by atoms with van der Waals surface area (Å²) in [6.45, 7) is 1.49. The van der Waals surface area contributed by atoms with Crippen molar-refractivity contribution in [3.63, 3.8) is 0 Å². The van der Waals surface area contributed by atoms with Gasteiger partial charge in [-0.15, -0.1) is 0 Å². The first-order valence-corrected chi connectivity index (χ1v) is 11.1. The Morgan fingerprint density at radius 3 is 1.80 bits per heavy atom. The molecule has 2 rings (SSSR count). The predicted molar refractivity (Wildman–Crippen MR) is 120 cm³/mol. The third kappa shape index (κ3) is 6.89. The maximum atomic E-state index is 12.9. The van der Waals surface area contributed by atoms with Crippen molar-refractivity contribution in [1.82, 2.24) is 0 Å². The summed E-state index contributed by atoms with van der Waals surface area (Å²) in [6.07, 6.45) is 9.76. The summed E-state index contributed by atoms with van der Waals surface area (Å²) in [5.74, 6) is -0.269. The number of rotatable bonds is 14. The monoisotopic (exact) mass is 410 g/mol. The van der Waals surface area contributed by atoms with E-state index in [9.17, 15) is 19.8 Å². The van der Waals surface area contributed by atoms with E-state index in [1.165, 1.54) is 32.1 Å². The fourth-order valence-corrected chi connectivity index (χ4v) is 3.77. The molecule has 0 unspecified atom stereocenters. The Bertz CT molecular complexity index is 786. The molecule has 0 saturated carbocycles. The van der Waals surface area contributed by atoms with Crippen molar-refractivity contribution in [3.8, 4) is 0 Å². The molecular weight excluding hydrogens is 376 g/mol. The van der Waals surface area contributed by atoms with E-state index in [2.05, 4.69) is 6.92 Å². The average molecular weight is 411 g/mol. The number of carbonyl (C=O) groups is 2. The van der Waals surface area contributed by atoms with Crippen molar-refractivity contribution in [3.05, 3.63) is 70.3 Å². The number of carbonyl (C=O) groups excluding carboxylic acids is 2. The quantitative estimate of drug-likeness (QED) is 0.313. The van der Waals surface area contributed by atoms with Crippen LogP contribution < -0.4 is 0 Å². The van der Waals surface area contributed by atoms with Crippen LogP contribution in [0.1, 0.15) is 102 Å². The maximum Gasteiger partial charge on any atom is 0.193 e. The fraction of sp³-hybridized carbons (Fsp3) is 0.462. The van der Waals surface area contributed by atoms with Crippen LogP contribution in [-0.4, -0.2) is 21.8 Å².